The number of rotatable bonds is 10. The number of hydrogen-bond donors (Lipinski definition) is 2. The maximum Gasteiger partial charge on any atom is 0.322 e. The summed E-state index contributed by atoms with van der Waals surface area (Å²) >= 11 is 0. The SMILES string of the molecule is CN(C)c1ccc(NC(=O)N(CC2CCCC(CN(C(=O)Nc3ccc(N(C)C)cc3)C3CCCCC3)C2)C2CCCCC2)cc1. The van der Waals surface area contributed by atoms with Gasteiger partial charge in [-0.3, -0.25) is 0 Å². The van der Waals surface area contributed by atoms with Crippen molar-refractivity contribution in [2.45, 2.75) is 102 Å². The van der Waals surface area contributed by atoms with Crippen molar-refractivity contribution in [1.82, 2.24) is 9.80 Å². The molecular formula is C38H58N6O2. The minimum atomic E-state index is 0.0371. The second kappa shape index (κ2) is 16.4. The fraction of sp³-hybridized carbons (Fsp3) is 0.632. The van der Waals surface area contributed by atoms with Gasteiger partial charge in [0.05, 0.1) is 0 Å². The summed E-state index contributed by atoms with van der Waals surface area (Å²) < 4.78 is 0. The lowest BCUT2D eigenvalue weighted by molar-refractivity contribution is 0.111. The second-order valence-electron chi connectivity index (χ2n) is 14.5. The van der Waals surface area contributed by atoms with Crippen molar-refractivity contribution in [3.63, 3.8) is 0 Å². The fourth-order valence-electron chi connectivity index (χ4n) is 7.95. The lowest BCUT2D eigenvalue weighted by Crippen LogP contribution is -2.48. The van der Waals surface area contributed by atoms with Crippen LogP contribution in [0.2, 0.25) is 0 Å². The molecule has 2 atom stereocenters. The highest BCUT2D eigenvalue weighted by atomic mass is 16.2. The topological polar surface area (TPSA) is 71.2 Å². The number of hydrogen-bond acceptors (Lipinski definition) is 4. The van der Waals surface area contributed by atoms with Crippen LogP contribution in [0.5, 0.6) is 0 Å². The van der Waals surface area contributed by atoms with E-state index in [0.717, 1.165) is 87.2 Å². The van der Waals surface area contributed by atoms with E-state index >= 15 is 0 Å². The fourth-order valence-corrected chi connectivity index (χ4v) is 7.95. The Morgan fingerprint density at radius 3 is 1.26 bits per heavy atom. The van der Waals surface area contributed by atoms with Gasteiger partial charge in [-0.1, -0.05) is 44.9 Å². The number of carbonyl (C=O) groups excluding carboxylic acids is 2. The molecule has 5 rings (SSSR count). The van der Waals surface area contributed by atoms with Gasteiger partial charge in [0.1, 0.15) is 0 Å². The average Bonchev–Trinajstić information content (AvgIpc) is 3.07. The second-order valence-corrected chi connectivity index (χ2v) is 14.5. The molecule has 2 aromatic carbocycles. The van der Waals surface area contributed by atoms with Gasteiger partial charge in [-0.25, -0.2) is 9.59 Å². The van der Waals surface area contributed by atoms with E-state index in [1.165, 1.54) is 38.5 Å². The molecule has 0 saturated heterocycles. The zero-order valence-electron chi connectivity index (χ0n) is 28.8. The first-order valence-electron chi connectivity index (χ1n) is 18.0. The molecule has 2 unspecified atom stereocenters. The zero-order chi connectivity index (χ0) is 32.5. The van der Waals surface area contributed by atoms with Gasteiger partial charge >= 0.3 is 12.1 Å². The van der Waals surface area contributed by atoms with Crippen molar-refractivity contribution in [3.05, 3.63) is 48.5 Å². The quantitative estimate of drug-likeness (QED) is 0.276. The number of urea groups is 2. The van der Waals surface area contributed by atoms with E-state index in [2.05, 4.69) is 54.5 Å². The van der Waals surface area contributed by atoms with Gasteiger partial charge in [0.25, 0.3) is 0 Å². The van der Waals surface area contributed by atoms with Crippen LogP contribution in [0.25, 0.3) is 0 Å². The van der Waals surface area contributed by atoms with Crippen LogP contribution in [-0.4, -0.2) is 75.2 Å². The molecule has 3 aliphatic carbocycles. The van der Waals surface area contributed by atoms with Crippen molar-refractivity contribution >= 4 is 34.8 Å². The minimum Gasteiger partial charge on any atom is -0.378 e. The predicted octanol–water partition coefficient (Wildman–Crippen LogP) is 8.66. The Bertz CT molecular complexity index is 1140. The van der Waals surface area contributed by atoms with Gasteiger partial charge < -0.3 is 30.2 Å². The Morgan fingerprint density at radius 1 is 0.543 bits per heavy atom. The van der Waals surface area contributed by atoms with E-state index in [1.54, 1.807) is 0 Å². The summed E-state index contributed by atoms with van der Waals surface area (Å²) in [5.41, 5.74) is 3.94. The van der Waals surface area contributed by atoms with Gasteiger partial charge in [-0.15, -0.1) is 0 Å². The molecule has 8 nitrogen and oxygen atoms in total. The zero-order valence-corrected chi connectivity index (χ0v) is 28.8. The van der Waals surface area contributed by atoms with Crippen LogP contribution in [0.4, 0.5) is 32.3 Å². The Balaban J connectivity index is 1.24. The third-order valence-electron chi connectivity index (χ3n) is 10.6. The molecule has 2 N–H and O–H groups in total. The summed E-state index contributed by atoms with van der Waals surface area (Å²) in [6, 6.07) is 16.9. The molecule has 0 aromatic heterocycles. The molecule has 252 valence electrons. The summed E-state index contributed by atoms with van der Waals surface area (Å²) in [5.74, 6) is 0.912. The molecule has 2 aromatic rings. The smallest absolute Gasteiger partial charge is 0.322 e. The summed E-state index contributed by atoms with van der Waals surface area (Å²) in [6.07, 6.45) is 16.2. The number of amides is 4. The maximum absolute atomic E-state index is 13.8. The highest BCUT2D eigenvalue weighted by molar-refractivity contribution is 5.90. The van der Waals surface area contributed by atoms with Gasteiger partial charge in [0, 0.05) is 76.1 Å². The van der Waals surface area contributed by atoms with Crippen molar-refractivity contribution in [2.75, 3.05) is 61.7 Å². The lowest BCUT2D eigenvalue weighted by atomic mass is 9.80. The molecule has 0 heterocycles. The van der Waals surface area contributed by atoms with Crippen LogP contribution in [0.1, 0.15) is 89.9 Å². The Labute approximate surface area is 277 Å². The van der Waals surface area contributed by atoms with Crippen molar-refractivity contribution in [3.8, 4) is 0 Å². The molecule has 46 heavy (non-hydrogen) atoms. The van der Waals surface area contributed by atoms with Crippen LogP contribution in [0.15, 0.2) is 48.5 Å². The first-order chi connectivity index (χ1) is 22.3. The van der Waals surface area contributed by atoms with Crippen molar-refractivity contribution in [1.29, 1.82) is 0 Å². The van der Waals surface area contributed by atoms with Crippen LogP contribution >= 0.6 is 0 Å². The molecule has 4 amide bonds. The number of carbonyl (C=O) groups is 2. The lowest BCUT2D eigenvalue weighted by Gasteiger charge is -2.41. The molecular weight excluding hydrogens is 572 g/mol. The molecule has 3 aliphatic rings. The molecule has 0 spiro atoms. The van der Waals surface area contributed by atoms with Gasteiger partial charge in [-0.2, -0.15) is 0 Å². The standard InChI is InChI=1S/C38H58N6O2/c1-41(2)33-22-18-31(19-23-33)39-37(45)43(35-14-7-5-8-15-35)27-29-12-11-13-30(26-29)28-44(36-16-9-6-10-17-36)38(46)40-32-20-24-34(25-21-32)42(3)4/h18-25,29-30,35-36H,5-17,26-28H2,1-4H3,(H,39,45)(H,40,46). The molecule has 0 aliphatic heterocycles. The average molecular weight is 631 g/mol. The summed E-state index contributed by atoms with van der Waals surface area (Å²) in [7, 11) is 8.11. The molecule has 0 bridgehead atoms. The summed E-state index contributed by atoms with van der Waals surface area (Å²) in [4.78, 5) is 36.2. The van der Waals surface area contributed by atoms with Gasteiger partial charge in [-0.05, 0) is 105 Å². The van der Waals surface area contributed by atoms with Crippen LogP contribution in [0, 0.1) is 11.8 Å². The molecule has 0 radical (unpaired) electrons. The van der Waals surface area contributed by atoms with Crippen LogP contribution < -0.4 is 20.4 Å². The first-order valence-corrected chi connectivity index (χ1v) is 18.0. The maximum atomic E-state index is 13.8. The number of nitrogens with one attached hydrogen (secondary N) is 2. The van der Waals surface area contributed by atoms with Gasteiger partial charge in [0.15, 0.2) is 0 Å². The van der Waals surface area contributed by atoms with E-state index < -0.39 is 0 Å². The third kappa shape index (κ3) is 9.32. The van der Waals surface area contributed by atoms with Crippen molar-refractivity contribution in [2.24, 2.45) is 11.8 Å². The van der Waals surface area contributed by atoms with E-state index in [-0.39, 0.29) is 12.1 Å². The predicted molar refractivity (Wildman–Crippen MR) is 192 cm³/mol. The largest absolute Gasteiger partial charge is 0.378 e. The van der Waals surface area contributed by atoms with E-state index in [1.807, 2.05) is 52.5 Å². The van der Waals surface area contributed by atoms with Crippen molar-refractivity contribution < 1.29 is 9.59 Å². The highest BCUT2D eigenvalue weighted by Crippen LogP contribution is 2.34. The normalized spacial score (nSPS) is 20.9. The Morgan fingerprint density at radius 2 is 0.913 bits per heavy atom. The van der Waals surface area contributed by atoms with Crippen LogP contribution in [-0.2, 0) is 0 Å². The minimum absolute atomic E-state index is 0.0371. The van der Waals surface area contributed by atoms with E-state index in [9.17, 15) is 9.59 Å². The Kier molecular flexibility index (Phi) is 12.1. The first kappa shape index (κ1) is 33.9. The Hall–Kier alpha value is -3.42. The monoisotopic (exact) mass is 630 g/mol. The third-order valence-corrected chi connectivity index (χ3v) is 10.6. The van der Waals surface area contributed by atoms with Crippen LogP contribution in [0.3, 0.4) is 0 Å². The molecule has 3 saturated carbocycles. The number of nitrogens with zero attached hydrogens (tertiary/aromatic N) is 4. The summed E-state index contributed by atoms with van der Waals surface area (Å²) in [6.45, 7) is 1.60. The highest BCUT2D eigenvalue weighted by Gasteiger charge is 2.33. The molecule has 8 heteroatoms. The number of benzene rings is 2. The summed E-state index contributed by atoms with van der Waals surface area (Å²) in [5, 5.41) is 6.47. The van der Waals surface area contributed by atoms with E-state index in [4.69, 9.17) is 0 Å². The van der Waals surface area contributed by atoms with E-state index in [0.29, 0.717) is 23.9 Å². The van der Waals surface area contributed by atoms with Gasteiger partial charge in [0.2, 0.25) is 0 Å². The number of anilines is 4. The molecule has 3 fully saturated rings.